The number of carbonyl (C=O) groups excluding carboxylic acids is 1. The van der Waals surface area contributed by atoms with E-state index in [-0.39, 0.29) is 23.7 Å². The summed E-state index contributed by atoms with van der Waals surface area (Å²) in [7, 11) is 0. The molecule has 0 saturated carbocycles. The van der Waals surface area contributed by atoms with Crippen molar-refractivity contribution in [3.05, 3.63) is 62.3 Å². The summed E-state index contributed by atoms with van der Waals surface area (Å²) >= 11 is 1.40. The molecule has 0 spiro atoms. The summed E-state index contributed by atoms with van der Waals surface area (Å²) in [6.07, 6.45) is -3.62. The highest BCUT2D eigenvalue weighted by Gasteiger charge is 2.30. The topological polar surface area (TPSA) is 97.0 Å². The number of aromatic amines is 1. The van der Waals surface area contributed by atoms with E-state index in [2.05, 4.69) is 25.0 Å². The van der Waals surface area contributed by atoms with Crippen LogP contribution in [0.15, 0.2) is 40.6 Å². The molecule has 7 nitrogen and oxygen atoms in total. The second kappa shape index (κ2) is 7.80. The van der Waals surface area contributed by atoms with Crippen LogP contribution in [0.4, 0.5) is 13.2 Å². The van der Waals surface area contributed by atoms with E-state index in [0.717, 1.165) is 23.3 Å². The number of hydrogen-bond donors (Lipinski definition) is 2. The summed E-state index contributed by atoms with van der Waals surface area (Å²) in [6, 6.07) is 5.01. The molecule has 0 fully saturated rings. The third-order valence-electron chi connectivity index (χ3n) is 3.52. The van der Waals surface area contributed by atoms with E-state index >= 15 is 0 Å². The minimum Gasteiger partial charge on any atom is -0.406 e. The molecular formula is C17H13F3N4O3S. The van der Waals surface area contributed by atoms with Crippen LogP contribution < -0.4 is 15.6 Å². The molecule has 0 aliphatic carbocycles. The number of hydrogen-bond acceptors (Lipinski definition) is 6. The highest BCUT2D eigenvalue weighted by Crippen LogP contribution is 2.22. The molecule has 0 atom stereocenters. The first-order valence-corrected chi connectivity index (χ1v) is 8.74. The number of aryl methyl sites for hydroxylation is 1. The van der Waals surface area contributed by atoms with Gasteiger partial charge in [0.2, 0.25) is 0 Å². The van der Waals surface area contributed by atoms with E-state index in [1.165, 1.54) is 23.5 Å². The van der Waals surface area contributed by atoms with Gasteiger partial charge >= 0.3 is 6.36 Å². The molecule has 0 radical (unpaired) electrons. The lowest BCUT2D eigenvalue weighted by Gasteiger charge is -2.09. The summed E-state index contributed by atoms with van der Waals surface area (Å²) in [4.78, 5) is 35.1. The Hall–Kier alpha value is -3.21. The summed E-state index contributed by atoms with van der Waals surface area (Å²) in [5.74, 6) is -0.771. The predicted octanol–water partition coefficient (Wildman–Crippen LogP) is 3.03. The Morgan fingerprint density at radius 2 is 2.00 bits per heavy atom. The summed E-state index contributed by atoms with van der Waals surface area (Å²) in [6.45, 7) is 1.83. The van der Waals surface area contributed by atoms with Crippen LogP contribution in [-0.2, 0) is 6.54 Å². The normalized spacial score (nSPS) is 11.3. The molecular weight excluding hydrogens is 397 g/mol. The van der Waals surface area contributed by atoms with Crippen molar-refractivity contribution in [1.82, 2.24) is 20.3 Å². The smallest absolute Gasteiger partial charge is 0.406 e. The van der Waals surface area contributed by atoms with Crippen molar-refractivity contribution >= 4 is 17.2 Å². The second-order valence-electron chi connectivity index (χ2n) is 5.60. The molecule has 3 aromatic rings. The molecule has 0 unspecified atom stereocenters. The molecule has 2 N–H and O–H groups in total. The Morgan fingerprint density at radius 3 is 2.57 bits per heavy atom. The predicted molar refractivity (Wildman–Crippen MR) is 95.0 cm³/mol. The fourth-order valence-corrected chi connectivity index (χ4v) is 2.84. The number of aromatic nitrogens is 3. The molecule has 146 valence electrons. The van der Waals surface area contributed by atoms with Gasteiger partial charge in [-0.3, -0.25) is 9.59 Å². The maximum atomic E-state index is 12.2. The van der Waals surface area contributed by atoms with Crippen molar-refractivity contribution in [3.8, 4) is 17.3 Å². The van der Waals surface area contributed by atoms with E-state index in [9.17, 15) is 22.8 Å². The van der Waals surface area contributed by atoms with Gasteiger partial charge in [-0.25, -0.2) is 9.97 Å². The van der Waals surface area contributed by atoms with Crippen LogP contribution >= 0.6 is 11.3 Å². The zero-order valence-electron chi connectivity index (χ0n) is 14.3. The molecule has 3 rings (SSSR count). The number of amides is 1. The van der Waals surface area contributed by atoms with Gasteiger partial charge in [0.25, 0.3) is 11.5 Å². The fourth-order valence-electron chi connectivity index (χ4n) is 2.25. The molecule has 1 amide bonds. The lowest BCUT2D eigenvalue weighted by atomic mass is 10.2. The van der Waals surface area contributed by atoms with E-state index in [1.807, 2.05) is 6.92 Å². The lowest BCUT2D eigenvalue weighted by Crippen LogP contribution is -2.29. The van der Waals surface area contributed by atoms with Gasteiger partial charge in [0.05, 0.1) is 5.01 Å². The van der Waals surface area contributed by atoms with E-state index in [4.69, 9.17) is 0 Å². The van der Waals surface area contributed by atoms with Gasteiger partial charge in [0.15, 0.2) is 5.82 Å². The number of thiazole rings is 1. The van der Waals surface area contributed by atoms with Crippen LogP contribution in [0.5, 0.6) is 5.75 Å². The third kappa shape index (κ3) is 4.94. The number of H-pyrrole nitrogens is 1. The Bertz CT molecular complexity index is 1040. The number of carbonyl (C=O) groups is 1. The third-order valence-corrected chi connectivity index (χ3v) is 4.29. The van der Waals surface area contributed by atoms with Crippen LogP contribution in [0.2, 0.25) is 0 Å². The quantitative estimate of drug-likeness (QED) is 0.674. The number of nitrogens with zero attached hydrogens (tertiary/aromatic N) is 2. The van der Waals surface area contributed by atoms with Crippen molar-refractivity contribution in [3.63, 3.8) is 0 Å². The number of halogens is 3. The van der Waals surface area contributed by atoms with Gasteiger partial charge in [-0.2, -0.15) is 0 Å². The van der Waals surface area contributed by atoms with Crippen molar-refractivity contribution in [1.29, 1.82) is 0 Å². The number of ether oxygens (including phenoxy) is 1. The maximum absolute atomic E-state index is 12.2. The van der Waals surface area contributed by atoms with Gasteiger partial charge < -0.3 is 15.0 Å². The average Bonchev–Trinajstić information content (AvgIpc) is 3.06. The second-order valence-corrected chi connectivity index (χ2v) is 6.66. The number of benzene rings is 1. The number of nitrogens with one attached hydrogen (secondary N) is 2. The molecule has 2 aromatic heterocycles. The minimum absolute atomic E-state index is 0.0115. The van der Waals surface area contributed by atoms with Crippen LogP contribution in [0.1, 0.15) is 20.9 Å². The monoisotopic (exact) mass is 410 g/mol. The van der Waals surface area contributed by atoms with Gasteiger partial charge in [0, 0.05) is 18.1 Å². The van der Waals surface area contributed by atoms with Gasteiger partial charge in [0.1, 0.15) is 17.0 Å². The van der Waals surface area contributed by atoms with Gasteiger partial charge in [-0.05, 0) is 24.6 Å². The SMILES string of the molecule is Cc1nc(-c2ncc(C(=O)NCc3ccc(OC(F)(F)F)cc3)c(=O)[nH]2)cs1. The Kier molecular flexibility index (Phi) is 5.45. The largest absolute Gasteiger partial charge is 0.573 e. The van der Waals surface area contributed by atoms with Crippen molar-refractivity contribution in [2.24, 2.45) is 0 Å². The first-order chi connectivity index (χ1) is 13.2. The minimum atomic E-state index is -4.77. The van der Waals surface area contributed by atoms with Crippen molar-refractivity contribution in [2.45, 2.75) is 19.8 Å². The molecule has 0 bridgehead atoms. The standard InChI is InChI=1S/C17H13F3N4O3S/c1-9-23-13(8-28-9)14-21-7-12(16(26)24-14)15(25)22-6-10-2-4-11(5-3-10)27-17(18,19)20/h2-5,7-8H,6H2,1H3,(H,22,25)(H,21,24,26). The molecule has 0 saturated heterocycles. The Morgan fingerprint density at radius 1 is 1.29 bits per heavy atom. The highest BCUT2D eigenvalue weighted by molar-refractivity contribution is 7.09. The first-order valence-electron chi connectivity index (χ1n) is 7.86. The molecule has 28 heavy (non-hydrogen) atoms. The average molecular weight is 410 g/mol. The van der Waals surface area contributed by atoms with E-state index in [0.29, 0.717) is 11.3 Å². The maximum Gasteiger partial charge on any atom is 0.573 e. The zero-order valence-corrected chi connectivity index (χ0v) is 15.1. The van der Waals surface area contributed by atoms with Crippen molar-refractivity contribution in [2.75, 3.05) is 0 Å². The van der Waals surface area contributed by atoms with Crippen LogP contribution in [0.3, 0.4) is 0 Å². The molecule has 2 heterocycles. The summed E-state index contributed by atoms with van der Waals surface area (Å²) < 4.78 is 40.2. The van der Waals surface area contributed by atoms with Gasteiger partial charge in [-0.15, -0.1) is 24.5 Å². The summed E-state index contributed by atoms with van der Waals surface area (Å²) in [5, 5.41) is 5.06. The number of alkyl halides is 3. The van der Waals surface area contributed by atoms with Crippen molar-refractivity contribution < 1.29 is 22.7 Å². The molecule has 1 aromatic carbocycles. The summed E-state index contributed by atoms with van der Waals surface area (Å²) in [5.41, 5.74) is 0.226. The molecule has 0 aliphatic heterocycles. The first kappa shape index (κ1) is 19.5. The molecule has 0 aliphatic rings. The fraction of sp³-hybridized carbons (Fsp3) is 0.176. The highest BCUT2D eigenvalue weighted by atomic mass is 32.1. The number of rotatable bonds is 5. The van der Waals surface area contributed by atoms with Crippen LogP contribution in [-0.4, -0.2) is 27.2 Å². The van der Waals surface area contributed by atoms with E-state index in [1.54, 1.807) is 5.38 Å². The van der Waals surface area contributed by atoms with Gasteiger partial charge in [-0.1, -0.05) is 12.1 Å². The Balaban J connectivity index is 1.64. The zero-order chi connectivity index (χ0) is 20.3. The Labute approximate surface area is 160 Å². The molecule has 11 heteroatoms. The van der Waals surface area contributed by atoms with Crippen LogP contribution in [0.25, 0.3) is 11.5 Å². The van der Waals surface area contributed by atoms with E-state index < -0.39 is 17.8 Å². The van der Waals surface area contributed by atoms with Crippen LogP contribution in [0, 0.1) is 6.92 Å². The lowest BCUT2D eigenvalue weighted by molar-refractivity contribution is -0.274.